The maximum atomic E-state index is 12.4. The number of hydrogen-bond acceptors (Lipinski definition) is 7. The van der Waals surface area contributed by atoms with Crippen molar-refractivity contribution in [1.82, 2.24) is 0 Å². The summed E-state index contributed by atoms with van der Waals surface area (Å²) in [6, 6.07) is 0. The number of Topliss-reactive ketones (excluding diaryl/α,β-unsaturated/α-hetero) is 1. The van der Waals surface area contributed by atoms with Crippen LogP contribution in [0, 0.1) is 34.5 Å². The summed E-state index contributed by atoms with van der Waals surface area (Å²) in [5, 5.41) is 0. The van der Waals surface area contributed by atoms with Crippen LogP contribution in [0.4, 0.5) is 0 Å². The Hall–Kier alpha value is -1.92. The highest BCUT2D eigenvalue weighted by atomic mass is 16.6. The van der Waals surface area contributed by atoms with Crippen molar-refractivity contribution in [3.05, 3.63) is 0 Å². The molecule has 0 N–H and O–H groups in total. The Kier molecular flexibility index (Phi) is 5.91. The van der Waals surface area contributed by atoms with Crippen molar-refractivity contribution in [3.63, 3.8) is 0 Å². The van der Waals surface area contributed by atoms with Crippen molar-refractivity contribution in [2.24, 2.45) is 34.5 Å². The number of rotatable bonds is 3. The van der Waals surface area contributed by atoms with Crippen LogP contribution in [0.15, 0.2) is 0 Å². The van der Waals surface area contributed by atoms with E-state index in [-0.39, 0.29) is 76.5 Å². The fourth-order valence-corrected chi connectivity index (χ4v) is 8.16. The molecule has 4 aliphatic carbocycles. The Balaban J connectivity index is 1.75. The van der Waals surface area contributed by atoms with E-state index in [1.165, 1.54) is 20.8 Å². The lowest BCUT2D eigenvalue weighted by molar-refractivity contribution is -0.214. The molecule has 4 saturated carbocycles. The zero-order valence-electron chi connectivity index (χ0n) is 19.8. The van der Waals surface area contributed by atoms with Crippen molar-refractivity contribution >= 4 is 23.7 Å². The van der Waals surface area contributed by atoms with E-state index >= 15 is 0 Å². The molecular weight excluding hydrogens is 412 g/mol. The predicted octanol–water partition coefficient (Wildman–Crippen LogP) is 3.61. The minimum atomic E-state index is -0.326. The van der Waals surface area contributed by atoms with E-state index in [1.807, 2.05) is 0 Å². The van der Waals surface area contributed by atoms with Crippen LogP contribution in [-0.2, 0) is 33.4 Å². The molecule has 0 bridgehead atoms. The largest absolute Gasteiger partial charge is 0.463 e. The Morgan fingerprint density at radius 1 is 0.844 bits per heavy atom. The Bertz CT molecular complexity index is 821. The van der Waals surface area contributed by atoms with Crippen molar-refractivity contribution in [2.45, 2.75) is 97.9 Å². The number of carbonyl (C=O) groups excluding carboxylic acids is 4. The van der Waals surface area contributed by atoms with E-state index < -0.39 is 0 Å². The van der Waals surface area contributed by atoms with E-state index in [4.69, 9.17) is 14.2 Å². The molecule has 0 amide bonds. The molecule has 0 radical (unpaired) electrons. The second-order valence-electron chi connectivity index (χ2n) is 11.2. The second kappa shape index (κ2) is 8.14. The first kappa shape index (κ1) is 23.2. The van der Waals surface area contributed by atoms with Crippen molar-refractivity contribution in [2.75, 3.05) is 0 Å². The van der Waals surface area contributed by atoms with Crippen LogP contribution in [0.1, 0.15) is 79.6 Å². The smallest absolute Gasteiger partial charge is 0.302 e. The Morgan fingerprint density at radius 3 is 2.09 bits per heavy atom. The third-order valence-electron chi connectivity index (χ3n) is 9.07. The number of esters is 3. The first-order valence-electron chi connectivity index (χ1n) is 12.0. The van der Waals surface area contributed by atoms with Crippen molar-refractivity contribution in [1.29, 1.82) is 0 Å². The Morgan fingerprint density at radius 2 is 1.47 bits per heavy atom. The molecule has 0 aromatic rings. The highest BCUT2D eigenvalue weighted by Crippen LogP contribution is 2.67. The fraction of sp³-hybridized carbons (Fsp3) is 0.840. The molecule has 9 unspecified atom stereocenters. The minimum absolute atomic E-state index is 0.0676. The van der Waals surface area contributed by atoms with Gasteiger partial charge in [-0.1, -0.05) is 13.8 Å². The maximum Gasteiger partial charge on any atom is 0.302 e. The maximum absolute atomic E-state index is 12.4. The van der Waals surface area contributed by atoms with Gasteiger partial charge in [0.2, 0.25) is 0 Å². The van der Waals surface area contributed by atoms with Gasteiger partial charge in [0.15, 0.2) is 0 Å². The van der Waals surface area contributed by atoms with Gasteiger partial charge in [0.05, 0.1) is 0 Å². The molecule has 0 aliphatic heterocycles. The summed E-state index contributed by atoms with van der Waals surface area (Å²) in [7, 11) is 0. The van der Waals surface area contributed by atoms with Crippen LogP contribution in [-0.4, -0.2) is 42.0 Å². The van der Waals surface area contributed by atoms with Gasteiger partial charge in [-0.05, 0) is 54.8 Å². The average Bonchev–Trinajstić information content (AvgIpc) is 2.96. The van der Waals surface area contributed by atoms with Crippen molar-refractivity contribution in [3.8, 4) is 0 Å². The summed E-state index contributed by atoms with van der Waals surface area (Å²) in [6.45, 7) is 8.74. The average molecular weight is 449 g/mol. The van der Waals surface area contributed by atoms with Gasteiger partial charge in [-0.15, -0.1) is 0 Å². The van der Waals surface area contributed by atoms with Crippen LogP contribution in [0.2, 0.25) is 0 Å². The second-order valence-corrected chi connectivity index (χ2v) is 11.2. The summed E-state index contributed by atoms with van der Waals surface area (Å²) in [5.74, 6) is -0.220. The lowest BCUT2D eigenvalue weighted by atomic mass is 9.44. The van der Waals surface area contributed by atoms with Gasteiger partial charge < -0.3 is 14.2 Å². The Labute approximate surface area is 189 Å². The van der Waals surface area contributed by atoms with E-state index in [0.717, 1.165) is 19.3 Å². The molecule has 0 spiro atoms. The monoisotopic (exact) mass is 448 g/mol. The van der Waals surface area contributed by atoms with Crippen LogP contribution in [0.3, 0.4) is 0 Å². The SMILES string of the molecule is CC(=O)OC1CC2C3CC(OC(C)=O)C4CC(=O)CCC4(C)C3C(OC(C)=O)CC2(C)C1. The number of ketones is 1. The summed E-state index contributed by atoms with van der Waals surface area (Å²) >= 11 is 0. The molecule has 178 valence electrons. The fourth-order valence-electron chi connectivity index (χ4n) is 8.16. The highest BCUT2D eigenvalue weighted by molar-refractivity contribution is 5.80. The van der Waals surface area contributed by atoms with E-state index in [2.05, 4.69) is 13.8 Å². The van der Waals surface area contributed by atoms with Gasteiger partial charge in [-0.2, -0.15) is 0 Å². The molecule has 32 heavy (non-hydrogen) atoms. The van der Waals surface area contributed by atoms with Crippen LogP contribution >= 0.6 is 0 Å². The van der Waals surface area contributed by atoms with Gasteiger partial charge in [0.25, 0.3) is 0 Å². The zero-order chi connectivity index (χ0) is 23.4. The lowest BCUT2D eigenvalue weighted by Crippen LogP contribution is -2.62. The molecular formula is C25H36O7. The molecule has 4 fully saturated rings. The molecule has 9 atom stereocenters. The molecule has 0 saturated heterocycles. The molecule has 0 heterocycles. The first-order chi connectivity index (χ1) is 14.9. The normalized spacial score (nSPS) is 45.2. The van der Waals surface area contributed by atoms with E-state index in [0.29, 0.717) is 25.7 Å². The number of fused-ring (bicyclic) bond motifs is 5. The van der Waals surface area contributed by atoms with Gasteiger partial charge >= 0.3 is 17.9 Å². The van der Waals surface area contributed by atoms with Gasteiger partial charge in [-0.3, -0.25) is 19.2 Å². The minimum Gasteiger partial charge on any atom is -0.463 e. The standard InChI is InChI=1S/C25H36O7/c1-13(26)30-17-9-19-18-10-21(31-14(2)27)20-8-16(29)6-7-25(20,5)23(18)22(32-15(3)28)12-24(19,4)11-17/h17-23H,6-12H2,1-5H3. The van der Waals surface area contributed by atoms with Crippen LogP contribution < -0.4 is 0 Å². The third kappa shape index (κ3) is 3.96. The number of carbonyl (C=O) groups is 4. The third-order valence-corrected chi connectivity index (χ3v) is 9.07. The van der Waals surface area contributed by atoms with Crippen molar-refractivity contribution < 1.29 is 33.4 Å². The molecule has 4 aliphatic rings. The topological polar surface area (TPSA) is 96.0 Å². The van der Waals surface area contributed by atoms with Gasteiger partial charge in [0, 0.05) is 45.4 Å². The molecule has 7 nitrogen and oxygen atoms in total. The van der Waals surface area contributed by atoms with Crippen LogP contribution in [0.5, 0.6) is 0 Å². The summed E-state index contributed by atoms with van der Waals surface area (Å²) in [4.78, 5) is 48.2. The van der Waals surface area contributed by atoms with Gasteiger partial charge in [0.1, 0.15) is 24.1 Å². The zero-order valence-corrected chi connectivity index (χ0v) is 19.8. The molecule has 4 rings (SSSR count). The molecule has 0 aromatic heterocycles. The van der Waals surface area contributed by atoms with Crippen LogP contribution in [0.25, 0.3) is 0 Å². The summed E-state index contributed by atoms with van der Waals surface area (Å²) in [6.07, 6.45) is 3.80. The molecule has 0 aromatic carbocycles. The molecule has 7 heteroatoms. The van der Waals surface area contributed by atoms with Gasteiger partial charge in [-0.25, -0.2) is 0 Å². The number of hydrogen-bond donors (Lipinski definition) is 0. The first-order valence-corrected chi connectivity index (χ1v) is 12.0. The summed E-state index contributed by atoms with van der Waals surface area (Å²) in [5.41, 5.74) is -0.395. The number of ether oxygens (including phenoxy) is 3. The quantitative estimate of drug-likeness (QED) is 0.481. The van der Waals surface area contributed by atoms with E-state index in [9.17, 15) is 19.2 Å². The van der Waals surface area contributed by atoms with E-state index in [1.54, 1.807) is 0 Å². The lowest BCUT2D eigenvalue weighted by Gasteiger charge is -2.62. The summed E-state index contributed by atoms with van der Waals surface area (Å²) < 4.78 is 17.4. The predicted molar refractivity (Wildman–Crippen MR) is 114 cm³/mol. The highest BCUT2D eigenvalue weighted by Gasteiger charge is 2.66.